The van der Waals surface area contributed by atoms with Crippen molar-refractivity contribution in [3.05, 3.63) is 23.5 Å². The molecular formula is C15H20N4OS2. The SMILES string of the molecule is Cn1cc(N2CC[C@H](Sc3ncc(C(C)(C)C)s3)C2=O)cn1. The fourth-order valence-electron chi connectivity index (χ4n) is 2.35. The van der Waals surface area contributed by atoms with Crippen molar-refractivity contribution in [2.75, 3.05) is 11.4 Å². The summed E-state index contributed by atoms with van der Waals surface area (Å²) in [5.74, 6) is 0.158. The van der Waals surface area contributed by atoms with Crippen LogP contribution in [0.25, 0.3) is 0 Å². The van der Waals surface area contributed by atoms with E-state index in [1.54, 1.807) is 34.0 Å². The number of aryl methyl sites for hydroxylation is 1. The number of carbonyl (C=O) groups is 1. The fraction of sp³-hybridized carbons (Fsp3) is 0.533. The Hall–Kier alpha value is -1.34. The zero-order valence-corrected chi connectivity index (χ0v) is 14.9. The minimum absolute atomic E-state index is 0.0424. The Morgan fingerprint density at radius 2 is 2.14 bits per heavy atom. The molecule has 0 saturated carbocycles. The van der Waals surface area contributed by atoms with E-state index >= 15 is 0 Å². The summed E-state index contributed by atoms with van der Waals surface area (Å²) < 4.78 is 2.70. The summed E-state index contributed by atoms with van der Waals surface area (Å²) in [4.78, 5) is 20.1. The molecule has 0 bridgehead atoms. The minimum Gasteiger partial charge on any atom is -0.308 e. The molecule has 3 rings (SSSR count). The second kappa shape index (κ2) is 5.70. The van der Waals surface area contributed by atoms with Crippen LogP contribution in [0.4, 0.5) is 5.69 Å². The molecule has 0 aromatic carbocycles. The number of aromatic nitrogens is 3. The van der Waals surface area contributed by atoms with Crippen molar-refractivity contribution in [3.8, 4) is 0 Å². The molecule has 1 fully saturated rings. The fourth-order valence-corrected chi connectivity index (χ4v) is 4.67. The van der Waals surface area contributed by atoms with Gasteiger partial charge in [0, 0.05) is 30.9 Å². The Morgan fingerprint density at radius 3 is 2.73 bits per heavy atom. The van der Waals surface area contributed by atoms with Crippen LogP contribution in [0.3, 0.4) is 0 Å². The lowest BCUT2D eigenvalue weighted by atomic mass is 9.96. The topological polar surface area (TPSA) is 51.0 Å². The Morgan fingerprint density at radius 1 is 1.36 bits per heavy atom. The van der Waals surface area contributed by atoms with Gasteiger partial charge in [-0.3, -0.25) is 9.48 Å². The lowest BCUT2D eigenvalue weighted by Crippen LogP contribution is -2.27. The van der Waals surface area contributed by atoms with Crippen molar-refractivity contribution in [1.82, 2.24) is 14.8 Å². The molecule has 1 aliphatic rings. The second-order valence-electron chi connectivity index (χ2n) is 6.50. The molecular weight excluding hydrogens is 316 g/mol. The van der Waals surface area contributed by atoms with Gasteiger partial charge in [0.2, 0.25) is 5.91 Å². The summed E-state index contributed by atoms with van der Waals surface area (Å²) in [6.45, 7) is 7.29. The summed E-state index contributed by atoms with van der Waals surface area (Å²) in [5.41, 5.74) is 0.989. The first kappa shape index (κ1) is 15.6. The van der Waals surface area contributed by atoms with E-state index in [2.05, 4.69) is 30.9 Å². The van der Waals surface area contributed by atoms with Crippen molar-refractivity contribution >= 4 is 34.7 Å². The highest BCUT2D eigenvalue weighted by Crippen LogP contribution is 2.37. The third kappa shape index (κ3) is 3.05. The van der Waals surface area contributed by atoms with Crippen molar-refractivity contribution < 1.29 is 4.79 Å². The van der Waals surface area contributed by atoms with E-state index in [0.717, 1.165) is 23.0 Å². The molecule has 3 heterocycles. The van der Waals surface area contributed by atoms with Gasteiger partial charge in [0.25, 0.3) is 0 Å². The molecule has 7 heteroatoms. The van der Waals surface area contributed by atoms with Crippen LogP contribution in [0.1, 0.15) is 32.1 Å². The van der Waals surface area contributed by atoms with Gasteiger partial charge >= 0.3 is 0 Å². The molecule has 1 amide bonds. The Labute approximate surface area is 138 Å². The first-order valence-electron chi connectivity index (χ1n) is 7.27. The van der Waals surface area contributed by atoms with Crippen LogP contribution in [0.15, 0.2) is 22.9 Å². The molecule has 0 spiro atoms. The molecule has 5 nitrogen and oxygen atoms in total. The van der Waals surface area contributed by atoms with Gasteiger partial charge in [0.1, 0.15) is 0 Å². The van der Waals surface area contributed by atoms with E-state index in [0.29, 0.717) is 0 Å². The van der Waals surface area contributed by atoms with E-state index < -0.39 is 0 Å². The Kier molecular flexibility index (Phi) is 4.03. The molecule has 22 heavy (non-hydrogen) atoms. The normalized spacial score (nSPS) is 19.2. The van der Waals surface area contributed by atoms with E-state index in [9.17, 15) is 4.79 Å². The van der Waals surface area contributed by atoms with Gasteiger partial charge < -0.3 is 4.90 Å². The van der Waals surface area contributed by atoms with E-state index in [1.165, 1.54) is 4.88 Å². The summed E-state index contributed by atoms with van der Waals surface area (Å²) in [7, 11) is 1.86. The molecule has 2 aromatic rings. The number of thioether (sulfide) groups is 1. The maximum absolute atomic E-state index is 12.6. The van der Waals surface area contributed by atoms with Gasteiger partial charge in [-0.15, -0.1) is 11.3 Å². The largest absolute Gasteiger partial charge is 0.308 e. The zero-order valence-electron chi connectivity index (χ0n) is 13.2. The predicted molar refractivity (Wildman–Crippen MR) is 90.6 cm³/mol. The number of amides is 1. The summed E-state index contributed by atoms with van der Waals surface area (Å²) in [6, 6.07) is 0. The third-order valence-corrected chi connectivity index (χ3v) is 6.41. The van der Waals surface area contributed by atoms with Gasteiger partial charge in [-0.2, -0.15) is 5.10 Å². The van der Waals surface area contributed by atoms with Crippen molar-refractivity contribution in [2.24, 2.45) is 7.05 Å². The second-order valence-corrected chi connectivity index (χ2v) is 8.98. The summed E-state index contributed by atoms with van der Waals surface area (Å²) >= 11 is 3.28. The maximum Gasteiger partial charge on any atom is 0.240 e. The molecule has 1 aliphatic heterocycles. The van der Waals surface area contributed by atoms with Gasteiger partial charge in [0.05, 0.1) is 17.1 Å². The van der Waals surface area contributed by atoms with Crippen LogP contribution in [-0.4, -0.2) is 32.5 Å². The maximum atomic E-state index is 12.6. The standard InChI is InChI=1S/C15H20N4OS2/c1-15(2,3)12-8-16-14(22-12)21-11-5-6-19(13(11)20)10-7-17-18(4)9-10/h7-9,11H,5-6H2,1-4H3/t11-/m0/s1. The number of hydrogen-bond acceptors (Lipinski definition) is 5. The van der Waals surface area contributed by atoms with E-state index in [4.69, 9.17) is 0 Å². The number of anilines is 1. The first-order chi connectivity index (χ1) is 10.3. The zero-order chi connectivity index (χ0) is 15.9. The highest BCUT2D eigenvalue weighted by molar-refractivity contribution is 8.02. The van der Waals surface area contributed by atoms with Gasteiger partial charge in [-0.1, -0.05) is 32.5 Å². The smallest absolute Gasteiger partial charge is 0.240 e. The molecule has 0 radical (unpaired) electrons. The predicted octanol–water partition coefficient (Wildman–Crippen LogP) is 3.07. The van der Waals surface area contributed by atoms with Crippen LogP contribution >= 0.6 is 23.1 Å². The van der Waals surface area contributed by atoms with Crippen molar-refractivity contribution in [1.29, 1.82) is 0 Å². The molecule has 118 valence electrons. The van der Waals surface area contributed by atoms with Crippen molar-refractivity contribution in [2.45, 2.75) is 42.2 Å². The molecule has 1 atom stereocenters. The van der Waals surface area contributed by atoms with E-state index in [-0.39, 0.29) is 16.6 Å². The summed E-state index contributed by atoms with van der Waals surface area (Å²) in [6.07, 6.45) is 6.41. The highest BCUT2D eigenvalue weighted by atomic mass is 32.2. The van der Waals surface area contributed by atoms with Crippen LogP contribution in [-0.2, 0) is 17.3 Å². The van der Waals surface area contributed by atoms with Crippen LogP contribution < -0.4 is 4.90 Å². The van der Waals surface area contributed by atoms with Crippen LogP contribution in [0.2, 0.25) is 0 Å². The lowest BCUT2D eigenvalue weighted by molar-refractivity contribution is -0.116. The molecule has 0 aliphatic carbocycles. The monoisotopic (exact) mass is 336 g/mol. The average Bonchev–Trinajstić information content (AvgIpc) is 3.12. The quantitative estimate of drug-likeness (QED) is 0.864. The van der Waals surface area contributed by atoms with E-state index in [1.807, 2.05) is 24.3 Å². The van der Waals surface area contributed by atoms with Crippen LogP contribution in [0.5, 0.6) is 0 Å². The summed E-state index contributed by atoms with van der Waals surface area (Å²) in [5, 5.41) is 4.10. The number of hydrogen-bond donors (Lipinski definition) is 0. The molecule has 0 unspecified atom stereocenters. The average molecular weight is 336 g/mol. The number of carbonyl (C=O) groups excluding carboxylic acids is 1. The number of rotatable bonds is 3. The highest BCUT2D eigenvalue weighted by Gasteiger charge is 2.34. The Bertz CT molecular complexity index is 686. The van der Waals surface area contributed by atoms with Crippen LogP contribution in [0, 0.1) is 0 Å². The van der Waals surface area contributed by atoms with Gasteiger partial charge in [-0.05, 0) is 11.8 Å². The number of thiazole rings is 1. The third-order valence-electron chi connectivity index (χ3n) is 3.63. The Balaban J connectivity index is 1.69. The number of nitrogens with zero attached hydrogens (tertiary/aromatic N) is 4. The first-order valence-corrected chi connectivity index (χ1v) is 8.97. The molecule has 0 N–H and O–H groups in total. The minimum atomic E-state index is -0.0424. The van der Waals surface area contributed by atoms with Gasteiger partial charge in [-0.25, -0.2) is 4.98 Å². The lowest BCUT2D eigenvalue weighted by Gasteiger charge is -2.14. The molecule has 2 aromatic heterocycles. The molecule has 1 saturated heterocycles. The van der Waals surface area contributed by atoms with Gasteiger partial charge in [0.15, 0.2) is 4.34 Å². The van der Waals surface area contributed by atoms with Crippen molar-refractivity contribution in [3.63, 3.8) is 0 Å².